The smallest absolute Gasteiger partial charge is 0.410 e. The second kappa shape index (κ2) is 7.58. The maximum atomic E-state index is 12.1. The molecule has 2 rings (SSSR count). The summed E-state index contributed by atoms with van der Waals surface area (Å²) in [5.41, 5.74) is -0.438. The van der Waals surface area contributed by atoms with Gasteiger partial charge < -0.3 is 19.5 Å². The lowest BCUT2D eigenvalue weighted by Gasteiger charge is -2.34. The van der Waals surface area contributed by atoms with Crippen molar-refractivity contribution in [3.8, 4) is 0 Å². The maximum Gasteiger partial charge on any atom is 0.410 e. The Balaban J connectivity index is 1.68. The first-order valence-electron chi connectivity index (χ1n) is 7.88. The number of rotatable bonds is 5. The molecule has 0 radical (unpaired) electrons. The van der Waals surface area contributed by atoms with E-state index in [-0.39, 0.29) is 6.09 Å². The molecule has 1 N–H and O–H groups in total. The molecule has 22 heavy (non-hydrogen) atoms. The highest BCUT2D eigenvalue weighted by Crippen LogP contribution is 2.18. The van der Waals surface area contributed by atoms with E-state index in [1.54, 1.807) is 0 Å². The third-order valence-corrected chi connectivity index (χ3v) is 3.53. The summed E-state index contributed by atoms with van der Waals surface area (Å²) in [6.07, 6.45) is 4.09. The number of amides is 1. The van der Waals surface area contributed by atoms with Crippen molar-refractivity contribution in [3.05, 3.63) is 12.2 Å². The lowest BCUT2D eigenvalue weighted by molar-refractivity contribution is 0.0166. The Morgan fingerprint density at radius 2 is 2.36 bits per heavy atom. The van der Waals surface area contributed by atoms with Gasteiger partial charge in [0.05, 0.1) is 0 Å². The van der Waals surface area contributed by atoms with Crippen LogP contribution in [0.5, 0.6) is 0 Å². The molecule has 0 aromatic carbocycles. The average Bonchev–Trinajstić information content (AvgIpc) is 2.95. The van der Waals surface area contributed by atoms with Gasteiger partial charge in [-0.1, -0.05) is 5.16 Å². The maximum absolute atomic E-state index is 12.1. The van der Waals surface area contributed by atoms with Gasteiger partial charge in [0, 0.05) is 26.1 Å². The third kappa shape index (κ3) is 5.63. The van der Waals surface area contributed by atoms with Gasteiger partial charge in [-0.05, 0) is 46.1 Å². The molecule has 0 bridgehead atoms. The number of nitrogens with zero attached hydrogens (tertiary/aromatic N) is 3. The summed E-state index contributed by atoms with van der Waals surface area (Å²) < 4.78 is 10.4. The van der Waals surface area contributed by atoms with Crippen LogP contribution in [0.3, 0.4) is 0 Å². The first kappa shape index (κ1) is 16.7. The molecule has 1 aliphatic rings. The SMILES string of the molecule is CC(C)(C)OC(=O)N1CCCC(CNCCc2ncno2)C1. The minimum atomic E-state index is -0.438. The predicted molar refractivity (Wildman–Crippen MR) is 81.4 cm³/mol. The number of hydrogen-bond acceptors (Lipinski definition) is 6. The van der Waals surface area contributed by atoms with Crippen LogP contribution in [0.4, 0.5) is 4.79 Å². The molecule has 1 fully saturated rings. The molecule has 7 heteroatoms. The van der Waals surface area contributed by atoms with Gasteiger partial charge in [0.15, 0.2) is 6.33 Å². The van der Waals surface area contributed by atoms with Crippen molar-refractivity contribution in [2.75, 3.05) is 26.2 Å². The van der Waals surface area contributed by atoms with Crippen molar-refractivity contribution < 1.29 is 14.1 Å². The normalized spacial score (nSPS) is 19.2. The van der Waals surface area contributed by atoms with Gasteiger partial charge in [0.2, 0.25) is 5.89 Å². The fourth-order valence-corrected chi connectivity index (χ4v) is 2.53. The third-order valence-electron chi connectivity index (χ3n) is 3.53. The number of ether oxygens (including phenoxy) is 1. The molecule has 1 aliphatic heterocycles. The van der Waals surface area contributed by atoms with Crippen LogP contribution in [0.15, 0.2) is 10.9 Å². The molecule has 0 aliphatic carbocycles. The van der Waals surface area contributed by atoms with Crippen LogP contribution in [0.1, 0.15) is 39.5 Å². The topological polar surface area (TPSA) is 80.5 Å². The molecule has 1 atom stereocenters. The number of piperidine rings is 1. The Kier molecular flexibility index (Phi) is 5.76. The minimum absolute atomic E-state index is 0.206. The molecule has 124 valence electrons. The lowest BCUT2D eigenvalue weighted by Crippen LogP contribution is -2.45. The predicted octanol–water partition coefficient (Wildman–Crippen LogP) is 1.85. The molecular weight excluding hydrogens is 284 g/mol. The van der Waals surface area contributed by atoms with Crippen molar-refractivity contribution >= 4 is 6.09 Å². The van der Waals surface area contributed by atoms with E-state index in [9.17, 15) is 4.79 Å². The Morgan fingerprint density at radius 3 is 3.05 bits per heavy atom. The zero-order chi connectivity index (χ0) is 16.0. The molecule has 0 saturated carbocycles. The van der Waals surface area contributed by atoms with Crippen LogP contribution in [-0.4, -0.2) is 52.9 Å². The van der Waals surface area contributed by atoms with Crippen LogP contribution in [0, 0.1) is 5.92 Å². The van der Waals surface area contributed by atoms with E-state index >= 15 is 0 Å². The number of aromatic nitrogens is 2. The van der Waals surface area contributed by atoms with E-state index in [1.165, 1.54) is 6.33 Å². The molecular formula is C15H26N4O3. The fraction of sp³-hybridized carbons (Fsp3) is 0.800. The van der Waals surface area contributed by atoms with Crippen LogP contribution in [-0.2, 0) is 11.2 Å². The van der Waals surface area contributed by atoms with E-state index in [2.05, 4.69) is 15.5 Å². The van der Waals surface area contributed by atoms with Gasteiger partial charge in [-0.15, -0.1) is 0 Å². The van der Waals surface area contributed by atoms with Gasteiger partial charge in [0.1, 0.15) is 5.60 Å². The van der Waals surface area contributed by atoms with Crippen LogP contribution < -0.4 is 5.32 Å². The largest absolute Gasteiger partial charge is 0.444 e. The molecule has 1 amide bonds. The van der Waals surface area contributed by atoms with Gasteiger partial charge in [-0.3, -0.25) is 0 Å². The summed E-state index contributed by atoms with van der Waals surface area (Å²) in [5.74, 6) is 1.11. The van der Waals surface area contributed by atoms with E-state index in [4.69, 9.17) is 9.26 Å². The zero-order valence-corrected chi connectivity index (χ0v) is 13.7. The highest BCUT2D eigenvalue weighted by atomic mass is 16.6. The Labute approximate surface area is 131 Å². The molecule has 7 nitrogen and oxygen atoms in total. The summed E-state index contributed by atoms with van der Waals surface area (Å²) in [5, 5.41) is 6.97. The molecule has 1 aromatic heterocycles. The van der Waals surface area contributed by atoms with Crippen LogP contribution in [0.25, 0.3) is 0 Å². The highest BCUT2D eigenvalue weighted by Gasteiger charge is 2.27. The summed E-state index contributed by atoms with van der Waals surface area (Å²) in [7, 11) is 0. The van der Waals surface area contributed by atoms with E-state index in [0.717, 1.165) is 45.4 Å². The van der Waals surface area contributed by atoms with Crippen molar-refractivity contribution in [3.63, 3.8) is 0 Å². The quantitative estimate of drug-likeness (QED) is 0.836. The second-order valence-electron chi connectivity index (χ2n) is 6.72. The van der Waals surface area contributed by atoms with Gasteiger partial charge in [-0.25, -0.2) is 4.79 Å². The number of hydrogen-bond donors (Lipinski definition) is 1. The first-order valence-corrected chi connectivity index (χ1v) is 7.88. The number of nitrogens with one attached hydrogen (secondary N) is 1. The molecule has 2 heterocycles. The van der Waals surface area contributed by atoms with Crippen LogP contribution in [0.2, 0.25) is 0 Å². The average molecular weight is 310 g/mol. The molecule has 1 aromatic rings. The van der Waals surface area contributed by atoms with Crippen molar-refractivity contribution in [1.29, 1.82) is 0 Å². The first-order chi connectivity index (χ1) is 10.4. The number of likely N-dealkylation sites (tertiary alicyclic amines) is 1. The van der Waals surface area contributed by atoms with E-state index < -0.39 is 5.60 Å². The summed E-state index contributed by atoms with van der Waals surface area (Å²) in [6.45, 7) is 8.90. The van der Waals surface area contributed by atoms with Crippen molar-refractivity contribution in [2.24, 2.45) is 5.92 Å². The monoisotopic (exact) mass is 310 g/mol. The Morgan fingerprint density at radius 1 is 1.55 bits per heavy atom. The van der Waals surface area contributed by atoms with Crippen molar-refractivity contribution in [1.82, 2.24) is 20.4 Å². The Bertz CT molecular complexity index is 456. The zero-order valence-electron chi connectivity index (χ0n) is 13.7. The van der Waals surface area contributed by atoms with Crippen LogP contribution >= 0.6 is 0 Å². The lowest BCUT2D eigenvalue weighted by atomic mass is 9.98. The Hall–Kier alpha value is -1.63. The van der Waals surface area contributed by atoms with Crippen molar-refractivity contribution in [2.45, 2.75) is 45.6 Å². The van der Waals surface area contributed by atoms with E-state index in [0.29, 0.717) is 11.8 Å². The second-order valence-corrected chi connectivity index (χ2v) is 6.72. The number of carbonyl (C=O) groups excluding carboxylic acids is 1. The minimum Gasteiger partial charge on any atom is -0.444 e. The van der Waals surface area contributed by atoms with Gasteiger partial charge in [0.25, 0.3) is 0 Å². The molecule has 1 saturated heterocycles. The summed E-state index contributed by atoms with van der Waals surface area (Å²) in [6, 6.07) is 0. The summed E-state index contributed by atoms with van der Waals surface area (Å²) >= 11 is 0. The molecule has 1 unspecified atom stereocenters. The highest BCUT2D eigenvalue weighted by molar-refractivity contribution is 5.68. The van der Waals surface area contributed by atoms with Gasteiger partial charge >= 0.3 is 6.09 Å². The van der Waals surface area contributed by atoms with Gasteiger partial charge in [-0.2, -0.15) is 4.98 Å². The van der Waals surface area contributed by atoms with E-state index in [1.807, 2.05) is 25.7 Å². The number of carbonyl (C=O) groups is 1. The molecule has 0 spiro atoms. The summed E-state index contributed by atoms with van der Waals surface area (Å²) in [4.78, 5) is 17.9. The standard InChI is InChI=1S/C15H26N4O3/c1-15(2,3)21-14(20)19-8-4-5-12(10-19)9-16-7-6-13-17-11-18-22-13/h11-12,16H,4-10H2,1-3H3. The fourth-order valence-electron chi connectivity index (χ4n) is 2.53.